The molecule has 3 nitrogen and oxygen atoms in total. The van der Waals surface area contributed by atoms with Crippen LogP contribution < -0.4 is 10.1 Å². The molecule has 0 spiro atoms. The minimum atomic E-state index is -0.538. The zero-order chi connectivity index (χ0) is 15.5. The van der Waals surface area contributed by atoms with E-state index in [2.05, 4.69) is 11.4 Å². The van der Waals surface area contributed by atoms with Crippen LogP contribution >= 0.6 is 12.4 Å². The summed E-state index contributed by atoms with van der Waals surface area (Å²) in [6.45, 7) is 3.60. The fraction of sp³-hybridized carbons (Fsp3) is 0.278. The zero-order valence-corrected chi connectivity index (χ0v) is 13.7. The van der Waals surface area contributed by atoms with E-state index in [1.54, 1.807) is 6.07 Å². The molecular formula is C18H19ClFNO2. The number of ether oxygens (including phenoxy) is 1. The Bertz CT molecular complexity index is 718. The summed E-state index contributed by atoms with van der Waals surface area (Å²) in [5, 5.41) is 3.34. The summed E-state index contributed by atoms with van der Waals surface area (Å²) >= 11 is 0. The van der Waals surface area contributed by atoms with E-state index in [1.165, 1.54) is 30.2 Å². The van der Waals surface area contributed by atoms with Crippen LogP contribution in [0.2, 0.25) is 0 Å². The van der Waals surface area contributed by atoms with E-state index in [-0.39, 0.29) is 23.8 Å². The largest absolute Gasteiger partial charge is 0.489 e. The van der Waals surface area contributed by atoms with Gasteiger partial charge in [0.1, 0.15) is 18.2 Å². The molecule has 0 saturated heterocycles. The van der Waals surface area contributed by atoms with Crippen molar-refractivity contribution in [2.24, 2.45) is 0 Å². The third kappa shape index (κ3) is 3.89. The third-order valence-corrected chi connectivity index (χ3v) is 3.95. The number of nitrogens with one attached hydrogen (secondary N) is 1. The first kappa shape index (κ1) is 17.4. The van der Waals surface area contributed by atoms with Crippen LogP contribution in [-0.2, 0) is 19.6 Å². The van der Waals surface area contributed by atoms with E-state index in [9.17, 15) is 9.18 Å². The average Bonchev–Trinajstić information content (AvgIpc) is 2.52. The second-order valence-corrected chi connectivity index (χ2v) is 5.47. The van der Waals surface area contributed by atoms with Gasteiger partial charge in [0, 0.05) is 12.6 Å². The molecule has 0 bridgehead atoms. The molecule has 0 aliphatic carbocycles. The smallest absolute Gasteiger partial charge is 0.162 e. The first-order chi connectivity index (χ1) is 10.6. The van der Waals surface area contributed by atoms with Crippen molar-refractivity contribution in [2.75, 3.05) is 6.54 Å². The monoisotopic (exact) mass is 335 g/mol. The highest BCUT2D eigenvalue weighted by Gasteiger charge is 2.13. The number of halogens is 2. The maximum absolute atomic E-state index is 13.8. The summed E-state index contributed by atoms with van der Waals surface area (Å²) in [6, 6.07) is 10.6. The number of carbonyl (C=O) groups is 1. The second-order valence-electron chi connectivity index (χ2n) is 5.47. The molecule has 2 aromatic carbocycles. The van der Waals surface area contributed by atoms with E-state index in [4.69, 9.17) is 4.74 Å². The van der Waals surface area contributed by atoms with Crippen LogP contribution in [0.25, 0.3) is 0 Å². The van der Waals surface area contributed by atoms with Crippen LogP contribution in [0.3, 0.4) is 0 Å². The fourth-order valence-corrected chi connectivity index (χ4v) is 2.78. The molecule has 0 unspecified atom stereocenters. The van der Waals surface area contributed by atoms with Crippen molar-refractivity contribution in [2.45, 2.75) is 26.5 Å². The van der Waals surface area contributed by atoms with Crippen LogP contribution in [0.4, 0.5) is 4.39 Å². The lowest BCUT2D eigenvalue weighted by molar-refractivity contribution is 0.101. The van der Waals surface area contributed by atoms with E-state index in [0.717, 1.165) is 25.1 Å². The van der Waals surface area contributed by atoms with Crippen molar-refractivity contribution in [1.29, 1.82) is 0 Å². The molecule has 5 heteroatoms. The van der Waals surface area contributed by atoms with Crippen LogP contribution in [0.15, 0.2) is 36.4 Å². The lowest BCUT2D eigenvalue weighted by Crippen LogP contribution is -2.24. The van der Waals surface area contributed by atoms with Crippen molar-refractivity contribution in [3.05, 3.63) is 64.5 Å². The molecule has 0 amide bonds. The Labute approximate surface area is 141 Å². The molecular weight excluding hydrogens is 317 g/mol. The number of fused-ring (bicyclic) bond motifs is 1. The quantitative estimate of drug-likeness (QED) is 0.866. The normalized spacial score (nSPS) is 13.0. The number of hydrogen-bond donors (Lipinski definition) is 1. The highest BCUT2D eigenvalue weighted by atomic mass is 35.5. The first-order valence-corrected chi connectivity index (χ1v) is 7.39. The van der Waals surface area contributed by atoms with Gasteiger partial charge < -0.3 is 10.1 Å². The highest BCUT2D eigenvalue weighted by Crippen LogP contribution is 2.22. The van der Waals surface area contributed by atoms with Gasteiger partial charge in [-0.05, 0) is 48.7 Å². The molecule has 0 radical (unpaired) electrons. The molecule has 3 rings (SSSR count). The number of Topliss-reactive ketones (excluding diaryl/α,β-unsaturated/α-hetero) is 1. The van der Waals surface area contributed by atoms with Crippen molar-refractivity contribution in [1.82, 2.24) is 5.32 Å². The Balaban J connectivity index is 0.00000192. The summed E-state index contributed by atoms with van der Waals surface area (Å²) in [5.41, 5.74) is 3.85. The molecule has 1 aliphatic heterocycles. The van der Waals surface area contributed by atoms with E-state index < -0.39 is 5.82 Å². The Morgan fingerprint density at radius 2 is 2.13 bits per heavy atom. The number of benzene rings is 2. The van der Waals surface area contributed by atoms with Gasteiger partial charge in [-0.2, -0.15) is 0 Å². The summed E-state index contributed by atoms with van der Waals surface area (Å²) in [4.78, 5) is 11.2. The Morgan fingerprint density at radius 1 is 1.30 bits per heavy atom. The predicted octanol–water partition coefficient (Wildman–Crippen LogP) is 3.67. The Hall–Kier alpha value is -1.91. The molecule has 1 N–H and O–H groups in total. The maximum Gasteiger partial charge on any atom is 0.162 e. The van der Waals surface area contributed by atoms with Gasteiger partial charge in [-0.25, -0.2) is 4.39 Å². The van der Waals surface area contributed by atoms with Crippen LogP contribution in [0, 0.1) is 5.82 Å². The lowest BCUT2D eigenvalue weighted by atomic mass is 9.96. The zero-order valence-electron chi connectivity index (χ0n) is 12.9. The molecule has 1 aliphatic rings. The number of ketones is 1. The SMILES string of the molecule is CC(=O)c1ccc(OCc2cccc3c2CCNC3)cc1F.Cl. The topological polar surface area (TPSA) is 38.3 Å². The van der Waals surface area contributed by atoms with Crippen LogP contribution in [0.1, 0.15) is 34.0 Å². The van der Waals surface area contributed by atoms with E-state index in [0.29, 0.717) is 12.4 Å². The standard InChI is InChI=1S/C18H18FNO2.ClH/c1-12(21)16-6-5-15(9-18(16)19)22-11-14-4-2-3-13-10-20-8-7-17(13)14;/h2-6,9,20H,7-8,10-11H2,1H3;1H. The summed E-state index contributed by atoms with van der Waals surface area (Å²) < 4.78 is 19.5. The van der Waals surface area contributed by atoms with Gasteiger partial charge in [-0.15, -0.1) is 12.4 Å². The molecule has 0 atom stereocenters. The van der Waals surface area contributed by atoms with Gasteiger partial charge in [-0.3, -0.25) is 4.79 Å². The molecule has 0 aromatic heterocycles. The average molecular weight is 336 g/mol. The van der Waals surface area contributed by atoms with Gasteiger partial charge >= 0.3 is 0 Å². The fourth-order valence-electron chi connectivity index (χ4n) is 2.78. The number of hydrogen-bond acceptors (Lipinski definition) is 3. The predicted molar refractivity (Wildman–Crippen MR) is 89.8 cm³/mol. The van der Waals surface area contributed by atoms with Crippen molar-refractivity contribution >= 4 is 18.2 Å². The minimum Gasteiger partial charge on any atom is -0.489 e. The van der Waals surface area contributed by atoms with Gasteiger partial charge in [-0.1, -0.05) is 18.2 Å². The highest BCUT2D eigenvalue weighted by molar-refractivity contribution is 5.94. The van der Waals surface area contributed by atoms with Gasteiger partial charge in [0.05, 0.1) is 5.56 Å². The van der Waals surface area contributed by atoms with Gasteiger partial charge in [0.2, 0.25) is 0 Å². The molecule has 0 saturated carbocycles. The summed E-state index contributed by atoms with van der Waals surface area (Å²) in [6.07, 6.45) is 0.979. The van der Waals surface area contributed by atoms with Crippen LogP contribution in [-0.4, -0.2) is 12.3 Å². The lowest BCUT2D eigenvalue weighted by Gasteiger charge is -2.20. The van der Waals surface area contributed by atoms with Gasteiger partial charge in [0.15, 0.2) is 5.78 Å². The van der Waals surface area contributed by atoms with Crippen molar-refractivity contribution in [3.63, 3.8) is 0 Å². The second kappa shape index (κ2) is 7.57. The van der Waals surface area contributed by atoms with Gasteiger partial charge in [0.25, 0.3) is 0 Å². The van der Waals surface area contributed by atoms with E-state index in [1.807, 2.05) is 12.1 Å². The maximum atomic E-state index is 13.8. The van der Waals surface area contributed by atoms with E-state index >= 15 is 0 Å². The van der Waals surface area contributed by atoms with Crippen molar-refractivity contribution < 1.29 is 13.9 Å². The molecule has 1 heterocycles. The molecule has 2 aromatic rings. The minimum absolute atomic E-state index is 0. The van der Waals surface area contributed by atoms with Crippen molar-refractivity contribution in [3.8, 4) is 5.75 Å². The Kier molecular flexibility index (Phi) is 5.74. The van der Waals surface area contributed by atoms with Crippen LogP contribution in [0.5, 0.6) is 5.75 Å². The summed E-state index contributed by atoms with van der Waals surface area (Å²) in [7, 11) is 0. The number of carbonyl (C=O) groups excluding carboxylic acids is 1. The number of rotatable bonds is 4. The molecule has 122 valence electrons. The first-order valence-electron chi connectivity index (χ1n) is 7.39. The third-order valence-electron chi connectivity index (χ3n) is 3.95. The molecule has 23 heavy (non-hydrogen) atoms. The molecule has 0 fully saturated rings. The summed E-state index contributed by atoms with van der Waals surface area (Å²) in [5.74, 6) is -0.382. The Morgan fingerprint density at radius 3 is 2.87 bits per heavy atom.